The lowest BCUT2D eigenvalue weighted by molar-refractivity contribution is 0.0951. The van der Waals surface area contributed by atoms with Gasteiger partial charge in [-0.2, -0.15) is 0 Å². The Morgan fingerprint density at radius 3 is 2.08 bits per heavy atom. The Hall–Kier alpha value is -5.24. The fourth-order valence-electron chi connectivity index (χ4n) is 5.64. The van der Waals surface area contributed by atoms with E-state index in [2.05, 4.69) is 45.3 Å². The fraction of sp³-hybridized carbons (Fsp3) is 0.167. The number of benzene rings is 5. The molecule has 1 atom stereocenters. The molecule has 1 aromatic heterocycles. The van der Waals surface area contributed by atoms with E-state index in [0.717, 1.165) is 70.3 Å². The van der Waals surface area contributed by atoms with Crippen molar-refractivity contribution < 1.29 is 13.4 Å². The van der Waals surface area contributed by atoms with Crippen molar-refractivity contribution in [2.45, 2.75) is 37.8 Å². The van der Waals surface area contributed by atoms with Crippen LogP contribution in [0.3, 0.4) is 0 Å². The zero-order chi connectivity index (χ0) is 33.8. The van der Waals surface area contributed by atoms with Crippen LogP contribution < -0.4 is 10.0 Å². The van der Waals surface area contributed by atoms with Crippen LogP contribution in [0.2, 0.25) is 0 Å². The Morgan fingerprint density at radius 2 is 1.35 bits per heavy atom. The van der Waals surface area contributed by atoms with Gasteiger partial charge in [0, 0.05) is 36.4 Å². The molecule has 0 saturated heterocycles. The van der Waals surface area contributed by atoms with E-state index in [1.54, 1.807) is 0 Å². The molecule has 248 valence electrons. The van der Waals surface area contributed by atoms with Crippen molar-refractivity contribution in [3.63, 3.8) is 0 Å². The number of carbonyl (C=O) groups excluding carboxylic acids is 1. The molecule has 0 radical (unpaired) electrons. The van der Waals surface area contributed by atoms with Gasteiger partial charge in [-0.15, -0.1) is 0 Å². The number of carbonyl (C=O) groups is 1. The predicted molar refractivity (Wildman–Crippen MR) is 199 cm³/mol. The molecule has 2 N–H and O–H groups in total. The number of nitrogens with zero attached hydrogens (tertiary/aromatic N) is 1. The first-order chi connectivity index (χ1) is 24.0. The van der Waals surface area contributed by atoms with E-state index in [9.17, 15) is 9.00 Å². The van der Waals surface area contributed by atoms with E-state index in [4.69, 9.17) is 4.42 Å². The van der Waals surface area contributed by atoms with E-state index in [-0.39, 0.29) is 5.91 Å². The summed E-state index contributed by atoms with van der Waals surface area (Å²) in [6.45, 7) is 4.82. The van der Waals surface area contributed by atoms with Crippen LogP contribution in [0.5, 0.6) is 0 Å². The standard InChI is InChI=1S/C42H41N3O3S/c1-32-16-23-39(24-17-32)49(47)44-40-15-9-8-14-35(40)27-29-45(28-26-33-10-4-2-5-11-33)31-38-22-25-41(48-38)36-18-20-37(21-19-36)42(46)43-30-34-12-6-3-7-13-34/h2-25,44H,26-31H2,1H3,(H,43,46). The van der Waals surface area contributed by atoms with Gasteiger partial charge in [0.05, 0.1) is 11.4 Å². The van der Waals surface area contributed by atoms with Crippen molar-refractivity contribution in [1.29, 1.82) is 0 Å². The summed E-state index contributed by atoms with van der Waals surface area (Å²) in [5.74, 6) is 1.53. The first-order valence-electron chi connectivity index (χ1n) is 16.6. The first kappa shape index (κ1) is 33.7. The molecule has 1 heterocycles. The predicted octanol–water partition coefficient (Wildman–Crippen LogP) is 8.61. The molecule has 0 aliphatic rings. The number of amides is 1. The maximum Gasteiger partial charge on any atom is 0.251 e. The summed E-state index contributed by atoms with van der Waals surface area (Å²) in [5, 5.41) is 2.98. The number of rotatable bonds is 15. The second-order valence-corrected chi connectivity index (χ2v) is 13.3. The van der Waals surface area contributed by atoms with Crippen LogP contribution >= 0.6 is 0 Å². The summed E-state index contributed by atoms with van der Waals surface area (Å²) >= 11 is 0. The van der Waals surface area contributed by atoms with Crippen LogP contribution in [0.4, 0.5) is 5.69 Å². The molecular formula is C42H41N3O3S. The first-order valence-corrected chi connectivity index (χ1v) is 17.8. The molecule has 0 saturated carbocycles. The highest BCUT2D eigenvalue weighted by Gasteiger charge is 2.14. The highest BCUT2D eigenvalue weighted by molar-refractivity contribution is 7.86. The number of para-hydroxylation sites is 1. The van der Waals surface area contributed by atoms with E-state index < -0.39 is 11.0 Å². The minimum atomic E-state index is -1.36. The van der Waals surface area contributed by atoms with Gasteiger partial charge in [0.25, 0.3) is 5.91 Å². The maximum atomic E-state index is 13.1. The van der Waals surface area contributed by atoms with Crippen LogP contribution in [-0.2, 0) is 36.9 Å². The third kappa shape index (κ3) is 9.66. The van der Waals surface area contributed by atoms with Gasteiger partial charge >= 0.3 is 0 Å². The Balaban J connectivity index is 1.11. The number of anilines is 1. The Labute approximate surface area is 291 Å². The molecule has 0 fully saturated rings. The topological polar surface area (TPSA) is 74.6 Å². The highest BCUT2D eigenvalue weighted by atomic mass is 32.2. The van der Waals surface area contributed by atoms with Crippen LogP contribution in [0.1, 0.15) is 38.4 Å². The smallest absolute Gasteiger partial charge is 0.251 e. The summed E-state index contributed by atoms with van der Waals surface area (Å²) in [7, 11) is -1.36. The molecule has 0 spiro atoms. The number of hydrogen-bond acceptors (Lipinski definition) is 4. The van der Waals surface area contributed by atoms with Gasteiger partial charge in [-0.1, -0.05) is 109 Å². The lowest BCUT2D eigenvalue weighted by Crippen LogP contribution is -2.28. The molecule has 49 heavy (non-hydrogen) atoms. The maximum absolute atomic E-state index is 13.1. The summed E-state index contributed by atoms with van der Waals surface area (Å²) in [6.07, 6.45) is 1.70. The molecule has 0 bridgehead atoms. The average Bonchev–Trinajstić information content (AvgIpc) is 3.62. The Morgan fingerprint density at radius 1 is 0.694 bits per heavy atom. The third-order valence-corrected chi connectivity index (χ3v) is 9.59. The van der Waals surface area contributed by atoms with Gasteiger partial charge in [-0.05, 0) is 78.9 Å². The second-order valence-electron chi connectivity index (χ2n) is 12.1. The van der Waals surface area contributed by atoms with Gasteiger partial charge in [0.15, 0.2) is 0 Å². The minimum absolute atomic E-state index is 0.109. The van der Waals surface area contributed by atoms with Crippen molar-refractivity contribution in [3.8, 4) is 11.3 Å². The van der Waals surface area contributed by atoms with Gasteiger partial charge in [-0.25, -0.2) is 4.21 Å². The number of hydrogen-bond donors (Lipinski definition) is 2. The zero-order valence-corrected chi connectivity index (χ0v) is 28.5. The highest BCUT2D eigenvalue weighted by Crippen LogP contribution is 2.25. The largest absolute Gasteiger partial charge is 0.460 e. The summed E-state index contributed by atoms with van der Waals surface area (Å²) in [4.78, 5) is 15.9. The van der Waals surface area contributed by atoms with Crippen LogP contribution in [0.25, 0.3) is 11.3 Å². The third-order valence-electron chi connectivity index (χ3n) is 8.48. The molecule has 6 aromatic rings. The van der Waals surface area contributed by atoms with E-state index >= 15 is 0 Å². The van der Waals surface area contributed by atoms with Crippen molar-refractivity contribution in [1.82, 2.24) is 10.2 Å². The molecule has 5 aromatic carbocycles. The Bertz CT molecular complexity index is 1960. The Kier molecular flexibility index (Phi) is 11.5. The SMILES string of the molecule is Cc1ccc(S(=O)Nc2ccccc2CCN(CCc2ccccc2)Cc2ccc(-c3ccc(C(=O)NCc4ccccc4)cc3)o2)cc1. The van der Waals surface area contributed by atoms with Crippen LogP contribution in [-0.4, -0.2) is 28.1 Å². The molecule has 7 heteroatoms. The van der Waals surface area contributed by atoms with Gasteiger partial charge in [-0.3, -0.25) is 9.69 Å². The second kappa shape index (κ2) is 16.7. The van der Waals surface area contributed by atoms with E-state index in [1.807, 2.05) is 122 Å². The van der Waals surface area contributed by atoms with Gasteiger partial charge < -0.3 is 14.5 Å². The van der Waals surface area contributed by atoms with Crippen molar-refractivity contribution >= 4 is 22.6 Å². The molecule has 1 unspecified atom stereocenters. The van der Waals surface area contributed by atoms with Crippen LogP contribution in [0.15, 0.2) is 155 Å². The number of nitrogens with one attached hydrogen (secondary N) is 2. The lowest BCUT2D eigenvalue weighted by atomic mass is 10.1. The van der Waals surface area contributed by atoms with Crippen molar-refractivity contribution in [3.05, 3.63) is 179 Å². The van der Waals surface area contributed by atoms with Crippen LogP contribution in [0, 0.1) is 6.92 Å². The van der Waals surface area contributed by atoms with Crippen molar-refractivity contribution in [2.75, 3.05) is 17.8 Å². The minimum Gasteiger partial charge on any atom is -0.460 e. The number of aryl methyl sites for hydroxylation is 1. The molecule has 6 rings (SSSR count). The molecular weight excluding hydrogens is 627 g/mol. The summed E-state index contributed by atoms with van der Waals surface area (Å²) in [5.41, 5.74) is 7.00. The molecule has 0 aliphatic carbocycles. The van der Waals surface area contributed by atoms with Crippen molar-refractivity contribution in [2.24, 2.45) is 0 Å². The molecule has 6 nitrogen and oxygen atoms in total. The summed E-state index contributed by atoms with van der Waals surface area (Å²) < 4.78 is 22.7. The normalized spacial score (nSPS) is 11.7. The lowest BCUT2D eigenvalue weighted by Gasteiger charge is -2.22. The molecule has 0 aliphatic heterocycles. The van der Waals surface area contributed by atoms with E-state index in [0.29, 0.717) is 18.7 Å². The fourth-order valence-corrected chi connectivity index (χ4v) is 6.54. The van der Waals surface area contributed by atoms with E-state index in [1.165, 1.54) is 5.56 Å². The monoisotopic (exact) mass is 667 g/mol. The summed E-state index contributed by atoms with van der Waals surface area (Å²) in [6, 6.07) is 47.8. The van der Waals surface area contributed by atoms with Gasteiger partial charge in [0.1, 0.15) is 22.5 Å². The zero-order valence-electron chi connectivity index (χ0n) is 27.7. The average molecular weight is 668 g/mol. The van der Waals surface area contributed by atoms with Gasteiger partial charge in [0.2, 0.25) is 0 Å². The molecule has 1 amide bonds. The quantitative estimate of drug-likeness (QED) is 0.115. The number of furan rings is 1.